The van der Waals surface area contributed by atoms with Crippen molar-refractivity contribution in [3.05, 3.63) is 85.5 Å². The molecule has 3 aromatic heterocycles. The third kappa shape index (κ3) is 6.54. The molecule has 2 atom stereocenters. The molecule has 0 bridgehead atoms. The molecule has 262 valence electrons. The predicted molar refractivity (Wildman–Crippen MR) is 180 cm³/mol. The number of hydrogen-bond acceptors (Lipinski definition) is 11. The number of benzene rings is 2. The van der Waals surface area contributed by atoms with Gasteiger partial charge < -0.3 is 25.2 Å². The zero-order valence-corrected chi connectivity index (χ0v) is 28.1. The zero-order valence-electron chi connectivity index (χ0n) is 27.3. The molecular formula is C33H32ClF3N8O5. The Morgan fingerprint density at radius 3 is 2.50 bits per heavy atom. The highest BCUT2D eigenvalue weighted by atomic mass is 35.5. The number of aromatic nitrogens is 6. The standard InChI is InChI=1S/C33H32ClF3N8O5/c1-16-17(7-6-10-20(16)40-27-25-28(43-31(42-27)33(35,36)37)44(2)32(48)45(3)30(25)47)18-8-5-9-19(26(18)34)22-13-39-23(29(41-22)49-4)14-38-21-11-12-50-15-24(21)46/h5-10,13,21,24,38,46H,11-12,14-15H2,1-4H3,(H,40,42,43). The molecular weight excluding hydrogens is 681 g/mol. The molecule has 4 heterocycles. The Hall–Kier alpha value is -4.90. The van der Waals surface area contributed by atoms with Crippen LogP contribution in [0.2, 0.25) is 5.02 Å². The van der Waals surface area contributed by atoms with Gasteiger partial charge in [0, 0.05) is 50.1 Å². The summed E-state index contributed by atoms with van der Waals surface area (Å²) in [7, 11) is 3.93. The Morgan fingerprint density at radius 2 is 1.78 bits per heavy atom. The molecule has 0 radical (unpaired) electrons. The summed E-state index contributed by atoms with van der Waals surface area (Å²) in [6.45, 7) is 2.84. The van der Waals surface area contributed by atoms with Gasteiger partial charge in [-0.05, 0) is 30.5 Å². The third-order valence-corrected chi connectivity index (χ3v) is 8.98. The van der Waals surface area contributed by atoms with Crippen molar-refractivity contribution in [2.24, 2.45) is 14.1 Å². The van der Waals surface area contributed by atoms with Crippen molar-refractivity contribution in [2.45, 2.75) is 38.2 Å². The summed E-state index contributed by atoms with van der Waals surface area (Å²) >= 11 is 6.99. The summed E-state index contributed by atoms with van der Waals surface area (Å²) in [4.78, 5) is 42.1. The molecule has 0 spiro atoms. The molecule has 1 aliphatic heterocycles. The van der Waals surface area contributed by atoms with Crippen LogP contribution >= 0.6 is 11.6 Å². The molecule has 2 unspecified atom stereocenters. The van der Waals surface area contributed by atoms with Gasteiger partial charge in [0.15, 0.2) is 5.65 Å². The average Bonchev–Trinajstić information content (AvgIpc) is 3.10. The molecule has 1 saturated heterocycles. The number of aliphatic hydroxyl groups is 1. The molecule has 6 rings (SSSR count). The second-order valence-electron chi connectivity index (χ2n) is 11.7. The highest BCUT2D eigenvalue weighted by Gasteiger charge is 2.36. The first kappa shape index (κ1) is 34.9. The highest BCUT2D eigenvalue weighted by Crippen LogP contribution is 2.40. The molecule has 17 heteroatoms. The Bertz CT molecular complexity index is 2230. The molecule has 0 saturated carbocycles. The topological polar surface area (TPSA) is 158 Å². The van der Waals surface area contributed by atoms with Gasteiger partial charge in [-0.2, -0.15) is 13.2 Å². The van der Waals surface area contributed by atoms with E-state index in [1.54, 1.807) is 49.5 Å². The molecule has 50 heavy (non-hydrogen) atoms. The molecule has 2 aromatic carbocycles. The van der Waals surface area contributed by atoms with Gasteiger partial charge in [0.2, 0.25) is 11.7 Å². The van der Waals surface area contributed by atoms with E-state index in [1.165, 1.54) is 21.2 Å². The first-order valence-corrected chi connectivity index (χ1v) is 15.8. The highest BCUT2D eigenvalue weighted by molar-refractivity contribution is 6.36. The number of methoxy groups -OCH3 is 1. The lowest BCUT2D eigenvalue weighted by molar-refractivity contribution is -0.144. The average molecular weight is 713 g/mol. The van der Waals surface area contributed by atoms with Gasteiger partial charge in [0.25, 0.3) is 5.56 Å². The van der Waals surface area contributed by atoms with Crippen LogP contribution in [0.4, 0.5) is 24.7 Å². The maximum atomic E-state index is 13.9. The first-order chi connectivity index (χ1) is 23.8. The number of rotatable bonds is 8. The Kier molecular flexibility index (Phi) is 9.63. The summed E-state index contributed by atoms with van der Waals surface area (Å²) in [6, 6.07) is 10.3. The van der Waals surface area contributed by atoms with E-state index in [2.05, 4.69) is 30.6 Å². The van der Waals surface area contributed by atoms with Gasteiger partial charge in [-0.25, -0.2) is 19.7 Å². The number of fused-ring (bicyclic) bond motifs is 1. The predicted octanol–water partition coefficient (Wildman–Crippen LogP) is 4.12. The van der Waals surface area contributed by atoms with E-state index < -0.39 is 40.8 Å². The van der Waals surface area contributed by atoms with E-state index in [-0.39, 0.29) is 23.9 Å². The molecule has 0 amide bonds. The monoisotopic (exact) mass is 712 g/mol. The number of halogens is 4. The van der Waals surface area contributed by atoms with Gasteiger partial charge >= 0.3 is 11.9 Å². The van der Waals surface area contributed by atoms with Crippen molar-refractivity contribution in [3.63, 3.8) is 0 Å². The summed E-state index contributed by atoms with van der Waals surface area (Å²) in [5, 5.41) is 16.4. The van der Waals surface area contributed by atoms with Gasteiger partial charge in [-0.3, -0.25) is 18.9 Å². The first-order valence-electron chi connectivity index (χ1n) is 15.4. The van der Waals surface area contributed by atoms with Crippen LogP contribution in [0.15, 0.2) is 52.2 Å². The Morgan fingerprint density at radius 1 is 1.06 bits per heavy atom. The third-order valence-electron chi connectivity index (χ3n) is 8.57. The summed E-state index contributed by atoms with van der Waals surface area (Å²) in [5.74, 6) is -1.65. The molecule has 0 aliphatic carbocycles. The fraction of sp³-hybridized carbons (Fsp3) is 0.333. The van der Waals surface area contributed by atoms with Crippen molar-refractivity contribution in [3.8, 4) is 28.3 Å². The van der Waals surface area contributed by atoms with Crippen LogP contribution in [0, 0.1) is 6.92 Å². The summed E-state index contributed by atoms with van der Waals surface area (Å²) in [6.07, 6.45) is -3.37. The van der Waals surface area contributed by atoms with Crippen LogP contribution in [0.5, 0.6) is 5.88 Å². The number of alkyl halides is 3. The molecule has 1 aliphatic rings. The number of nitrogens with one attached hydrogen (secondary N) is 2. The normalized spacial score (nSPS) is 16.5. The maximum absolute atomic E-state index is 13.9. The Labute approximate surface area is 287 Å². The van der Waals surface area contributed by atoms with Crippen molar-refractivity contribution in [1.29, 1.82) is 0 Å². The van der Waals surface area contributed by atoms with E-state index >= 15 is 0 Å². The van der Waals surface area contributed by atoms with Crippen LogP contribution in [0.3, 0.4) is 0 Å². The smallest absolute Gasteiger partial charge is 0.451 e. The minimum atomic E-state index is -4.96. The fourth-order valence-electron chi connectivity index (χ4n) is 5.80. The van der Waals surface area contributed by atoms with Crippen LogP contribution in [0.1, 0.15) is 23.5 Å². The van der Waals surface area contributed by atoms with Crippen molar-refractivity contribution in [2.75, 3.05) is 25.6 Å². The van der Waals surface area contributed by atoms with Crippen molar-refractivity contribution >= 4 is 34.1 Å². The lowest BCUT2D eigenvalue weighted by Gasteiger charge is -2.28. The van der Waals surface area contributed by atoms with E-state index in [9.17, 15) is 27.9 Å². The second kappa shape index (κ2) is 13.8. The van der Waals surface area contributed by atoms with Gasteiger partial charge in [-0.15, -0.1) is 0 Å². The summed E-state index contributed by atoms with van der Waals surface area (Å²) < 4.78 is 54.0. The number of aliphatic hydroxyl groups excluding tert-OH is 1. The largest absolute Gasteiger partial charge is 0.480 e. The van der Waals surface area contributed by atoms with E-state index in [0.29, 0.717) is 63.9 Å². The number of hydrogen-bond donors (Lipinski definition) is 3. The lowest BCUT2D eigenvalue weighted by Crippen LogP contribution is -2.46. The molecule has 3 N–H and O–H groups in total. The number of ether oxygens (including phenoxy) is 2. The minimum Gasteiger partial charge on any atom is -0.480 e. The number of nitrogens with zero attached hydrogens (tertiary/aromatic N) is 6. The van der Waals surface area contributed by atoms with Gasteiger partial charge in [0.05, 0.1) is 36.7 Å². The minimum absolute atomic E-state index is 0.159. The van der Waals surface area contributed by atoms with E-state index in [0.717, 1.165) is 9.13 Å². The summed E-state index contributed by atoms with van der Waals surface area (Å²) in [5.41, 5.74) is 1.50. The van der Waals surface area contributed by atoms with Crippen LogP contribution in [0.25, 0.3) is 33.4 Å². The van der Waals surface area contributed by atoms with Crippen molar-refractivity contribution in [1.82, 2.24) is 34.4 Å². The number of aryl methyl sites for hydroxylation is 1. The van der Waals surface area contributed by atoms with Crippen LogP contribution in [-0.4, -0.2) is 66.6 Å². The lowest BCUT2D eigenvalue weighted by atomic mass is 9.96. The molecule has 5 aromatic rings. The van der Waals surface area contributed by atoms with E-state index in [4.69, 9.17) is 21.1 Å². The molecule has 13 nitrogen and oxygen atoms in total. The quantitative estimate of drug-likeness (QED) is 0.213. The van der Waals surface area contributed by atoms with Gasteiger partial charge in [0.1, 0.15) is 16.9 Å². The fourth-order valence-corrected chi connectivity index (χ4v) is 6.13. The SMILES string of the molecule is COc1nc(-c2cccc(-c3cccc(Nc4nc(C(F)(F)F)nc5c4c(=O)n(C)c(=O)n5C)c3C)c2Cl)cnc1CNC1CCOCC1O. The molecule has 1 fully saturated rings. The maximum Gasteiger partial charge on any atom is 0.451 e. The van der Waals surface area contributed by atoms with Gasteiger partial charge in [-0.1, -0.05) is 41.9 Å². The second-order valence-corrected chi connectivity index (χ2v) is 12.1. The van der Waals surface area contributed by atoms with E-state index in [1.807, 2.05) is 0 Å². The Balaban J connectivity index is 1.36. The zero-order chi connectivity index (χ0) is 35.9. The van der Waals surface area contributed by atoms with Crippen LogP contribution < -0.4 is 26.6 Å². The number of anilines is 2. The van der Waals surface area contributed by atoms with Crippen molar-refractivity contribution < 1.29 is 27.8 Å². The van der Waals surface area contributed by atoms with Crippen LogP contribution in [-0.2, 0) is 31.6 Å².